The number of likely N-dealkylation sites (tertiary alicyclic amines) is 1. The summed E-state index contributed by atoms with van der Waals surface area (Å²) in [6, 6.07) is 9.88. The van der Waals surface area contributed by atoms with Gasteiger partial charge in [0.2, 0.25) is 11.8 Å². The Labute approximate surface area is 199 Å². The van der Waals surface area contributed by atoms with Gasteiger partial charge in [0, 0.05) is 32.6 Å². The highest BCUT2D eigenvalue weighted by Crippen LogP contribution is 2.26. The average molecular weight is 470 g/mol. The van der Waals surface area contributed by atoms with E-state index in [9.17, 15) is 19.2 Å². The number of unbranched alkanes of at least 4 members (excludes halogenated alkanes) is 1. The minimum atomic E-state index is -0.686. The number of aromatic nitrogens is 2. The molecule has 2 aromatic rings. The van der Waals surface area contributed by atoms with Gasteiger partial charge in [-0.3, -0.25) is 23.9 Å². The third kappa shape index (κ3) is 5.76. The van der Waals surface area contributed by atoms with Gasteiger partial charge < -0.3 is 15.5 Å². The number of benzene rings is 1. The van der Waals surface area contributed by atoms with Crippen LogP contribution >= 0.6 is 0 Å². The molecule has 1 atom stereocenters. The lowest BCUT2D eigenvalue weighted by atomic mass is 10.1. The van der Waals surface area contributed by atoms with Gasteiger partial charge in [-0.05, 0) is 24.3 Å². The molecule has 3 rings (SSSR count). The molecule has 0 spiro atoms. The molecule has 1 aliphatic rings. The molecule has 1 aromatic carbocycles. The predicted molar refractivity (Wildman–Crippen MR) is 133 cm³/mol. The van der Waals surface area contributed by atoms with Gasteiger partial charge >= 0.3 is 5.69 Å². The Balaban J connectivity index is 1.85. The van der Waals surface area contributed by atoms with Crippen molar-refractivity contribution in [2.75, 3.05) is 30.3 Å². The topological polar surface area (TPSA) is 121 Å². The van der Waals surface area contributed by atoms with Gasteiger partial charge in [-0.15, -0.1) is 0 Å². The number of nitrogens with two attached hydrogens (primary N) is 1. The van der Waals surface area contributed by atoms with E-state index in [2.05, 4.69) is 4.98 Å². The molecule has 0 radical (unpaired) electrons. The lowest BCUT2D eigenvalue weighted by molar-refractivity contribution is -0.128. The summed E-state index contributed by atoms with van der Waals surface area (Å²) in [4.78, 5) is 56.8. The quantitative estimate of drug-likeness (QED) is 0.551. The van der Waals surface area contributed by atoms with E-state index < -0.39 is 17.2 Å². The second-order valence-electron chi connectivity index (χ2n) is 9.32. The minimum absolute atomic E-state index is 0.00964. The van der Waals surface area contributed by atoms with Crippen molar-refractivity contribution in [2.45, 2.75) is 53.0 Å². The van der Waals surface area contributed by atoms with Crippen molar-refractivity contribution in [1.82, 2.24) is 14.5 Å². The van der Waals surface area contributed by atoms with Crippen LogP contribution in [0.3, 0.4) is 0 Å². The molecule has 1 fully saturated rings. The van der Waals surface area contributed by atoms with Crippen molar-refractivity contribution in [1.29, 1.82) is 0 Å². The molecule has 184 valence electrons. The van der Waals surface area contributed by atoms with E-state index in [0.717, 1.165) is 12.0 Å². The van der Waals surface area contributed by atoms with Crippen molar-refractivity contribution in [3.8, 4) is 0 Å². The summed E-state index contributed by atoms with van der Waals surface area (Å²) in [6.45, 7) is 7.29. The van der Waals surface area contributed by atoms with Crippen LogP contribution in [-0.2, 0) is 22.6 Å². The number of hydrogen-bond acceptors (Lipinski definition) is 5. The molecular weight excluding hydrogens is 434 g/mol. The lowest BCUT2D eigenvalue weighted by Crippen LogP contribution is -2.45. The summed E-state index contributed by atoms with van der Waals surface area (Å²) in [7, 11) is 0. The second-order valence-corrected chi connectivity index (χ2v) is 9.32. The Morgan fingerprint density at radius 1 is 1.18 bits per heavy atom. The molecule has 9 nitrogen and oxygen atoms in total. The van der Waals surface area contributed by atoms with Crippen LogP contribution in [0.2, 0.25) is 0 Å². The molecule has 0 unspecified atom stereocenters. The number of hydrogen-bond donors (Lipinski definition) is 2. The number of H-pyrrole nitrogens is 1. The van der Waals surface area contributed by atoms with Gasteiger partial charge in [-0.25, -0.2) is 4.79 Å². The van der Waals surface area contributed by atoms with E-state index in [-0.39, 0.29) is 42.2 Å². The van der Waals surface area contributed by atoms with Crippen LogP contribution in [0.25, 0.3) is 0 Å². The molecule has 2 amide bonds. The third-order valence-electron chi connectivity index (χ3n) is 6.11. The fourth-order valence-electron chi connectivity index (χ4n) is 4.32. The first-order chi connectivity index (χ1) is 16.2. The maximum Gasteiger partial charge on any atom is 0.330 e. The fourth-order valence-corrected chi connectivity index (χ4v) is 4.32. The summed E-state index contributed by atoms with van der Waals surface area (Å²) in [5, 5.41) is 0. The third-order valence-corrected chi connectivity index (χ3v) is 6.11. The Bertz CT molecular complexity index is 1120. The average Bonchev–Trinajstić information content (AvgIpc) is 3.17. The number of carbonyl (C=O) groups is 2. The number of rotatable bonds is 10. The van der Waals surface area contributed by atoms with Gasteiger partial charge in [0.1, 0.15) is 5.82 Å². The number of nitrogens with one attached hydrogen (secondary N) is 1. The molecule has 1 aliphatic heterocycles. The van der Waals surface area contributed by atoms with E-state index >= 15 is 0 Å². The highest BCUT2D eigenvalue weighted by atomic mass is 16.2. The number of nitrogens with zero attached hydrogens (tertiary/aromatic N) is 3. The standard InChI is InChI=1S/C25H35N5O4/c1-4-5-12-29-22(26)21(23(32)27-25(29)34)30(15-17(2)3)24(33)19-14-20(31)28(16-19)13-11-18-9-7-6-8-10-18/h6-10,17,19H,4-5,11-16,26H2,1-3H3,(H,27,32,34)/t19-/m0/s1. The maximum atomic E-state index is 13.6. The Morgan fingerprint density at radius 3 is 2.53 bits per heavy atom. The summed E-state index contributed by atoms with van der Waals surface area (Å²) in [5.74, 6) is -0.931. The van der Waals surface area contributed by atoms with Crippen molar-refractivity contribution >= 4 is 23.3 Å². The molecule has 9 heteroatoms. The molecule has 34 heavy (non-hydrogen) atoms. The Hall–Kier alpha value is -3.36. The zero-order valence-electron chi connectivity index (χ0n) is 20.3. The van der Waals surface area contributed by atoms with E-state index in [4.69, 9.17) is 5.73 Å². The molecule has 0 saturated carbocycles. The van der Waals surface area contributed by atoms with E-state index in [1.54, 1.807) is 4.90 Å². The minimum Gasteiger partial charge on any atom is -0.383 e. The van der Waals surface area contributed by atoms with Crippen LogP contribution < -0.4 is 21.9 Å². The van der Waals surface area contributed by atoms with Gasteiger partial charge in [0.15, 0.2) is 5.69 Å². The summed E-state index contributed by atoms with van der Waals surface area (Å²) in [5.41, 5.74) is 6.12. The Kier molecular flexibility index (Phi) is 8.31. The van der Waals surface area contributed by atoms with Gasteiger partial charge in [-0.1, -0.05) is 57.5 Å². The van der Waals surface area contributed by atoms with E-state index in [0.29, 0.717) is 32.5 Å². The molecular formula is C25H35N5O4. The second kappa shape index (κ2) is 11.2. The smallest absolute Gasteiger partial charge is 0.330 e. The molecule has 0 bridgehead atoms. The van der Waals surface area contributed by atoms with Crippen LogP contribution in [-0.4, -0.2) is 45.9 Å². The van der Waals surface area contributed by atoms with Crippen LogP contribution in [0.4, 0.5) is 11.5 Å². The summed E-state index contributed by atoms with van der Waals surface area (Å²) in [6.07, 6.45) is 2.35. The van der Waals surface area contributed by atoms with E-state index in [1.165, 1.54) is 9.47 Å². The van der Waals surface area contributed by atoms with Crippen molar-refractivity contribution in [3.63, 3.8) is 0 Å². The monoisotopic (exact) mass is 469 g/mol. The van der Waals surface area contributed by atoms with E-state index in [1.807, 2.05) is 51.1 Å². The fraction of sp³-hybridized carbons (Fsp3) is 0.520. The first-order valence-corrected chi connectivity index (χ1v) is 12.0. The number of aromatic amines is 1. The zero-order chi connectivity index (χ0) is 24.8. The lowest BCUT2D eigenvalue weighted by Gasteiger charge is -2.28. The van der Waals surface area contributed by atoms with Crippen molar-refractivity contribution < 1.29 is 9.59 Å². The van der Waals surface area contributed by atoms with Crippen LogP contribution in [0.15, 0.2) is 39.9 Å². The molecule has 2 heterocycles. The predicted octanol–water partition coefficient (Wildman–Crippen LogP) is 2.00. The SMILES string of the molecule is CCCCn1c(N)c(N(CC(C)C)C(=O)[C@H]2CC(=O)N(CCc3ccccc3)C2)c(=O)[nH]c1=O. The number of nitrogen functional groups attached to an aromatic ring is 1. The number of amides is 2. The highest BCUT2D eigenvalue weighted by Gasteiger charge is 2.38. The Morgan fingerprint density at radius 2 is 1.88 bits per heavy atom. The normalized spacial score (nSPS) is 15.8. The number of anilines is 2. The molecule has 3 N–H and O–H groups in total. The molecule has 1 aromatic heterocycles. The summed E-state index contributed by atoms with van der Waals surface area (Å²) >= 11 is 0. The van der Waals surface area contributed by atoms with Gasteiger partial charge in [0.25, 0.3) is 5.56 Å². The van der Waals surface area contributed by atoms with Crippen LogP contribution in [0, 0.1) is 11.8 Å². The van der Waals surface area contributed by atoms with Crippen LogP contribution in [0.1, 0.15) is 45.6 Å². The molecule has 0 aliphatic carbocycles. The van der Waals surface area contributed by atoms with Crippen molar-refractivity contribution in [2.24, 2.45) is 11.8 Å². The van der Waals surface area contributed by atoms with Crippen LogP contribution in [0.5, 0.6) is 0 Å². The largest absolute Gasteiger partial charge is 0.383 e. The number of carbonyl (C=O) groups excluding carboxylic acids is 2. The molecule has 1 saturated heterocycles. The van der Waals surface area contributed by atoms with Gasteiger partial charge in [0.05, 0.1) is 5.92 Å². The highest BCUT2D eigenvalue weighted by molar-refractivity contribution is 6.00. The van der Waals surface area contributed by atoms with Gasteiger partial charge in [-0.2, -0.15) is 0 Å². The van der Waals surface area contributed by atoms with Crippen molar-refractivity contribution in [3.05, 3.63) is 56.7 Å². The first kappa shape index (κ1) is 25.3. The summed E-state index contributed by atoms with van der Waals surface area (Å²) < 4.78 is 1.31. The first-order valence-electron chi connectivity index (χ1n) is 12.0. The zero-order valence-corrected chi connectivity index (χ0v) is 20.3. The maximum absolute atomic E-state index is 13.6.